The fourth-order valence-electron chi connectivity index (χ4n) is 4.24. The third-order valence-electron chi connectivity index (χ3n) is 6.37. The van der Waals surface area contributed by atoms with Gasteiger partial charge in [-0.1, -0.05) is 30.8 Å². The van der Waals surface area contributed by atoms with E-state index in [1.807, 2.05) is 30.3 Å². The highest BCUT2D eigenvalue weighted by molar-refractivity contribution is 5.96. The Morgan fingerprint density at radius 3 is 2.44 bits per heavy atom. The molecule has 1 aliphatic carbocycles. The zero-order valence-electron chi connectivity index (χ0n) is 18.5. The van der Waals surface area contributed by atoms with Crippen molar-refractivity contribution in [2.45, 2.75) is 18.4 Å². The zero-order chi connectivity index (χ0) is 23.9. The van der Waals surface area contributed by atoms with Crippen molar-refractivity contribution in [3.63, 3.8) is 0 Å². The number of carbonyl (C=O) groups excluding carboxylic acids is 2. The summed E-state index contributed by atoms with van der Waals surface area (Å²) in [5.74, 6) is -1.06. The van der Waals surface area contributed by atoms with Crippen LogP contribution in [0.4, 0.5) is 4.39 Å². The van der Waals surface area contributed by atoms with Crippen LogP contribution in [-0.2, 0) is 4.79 Å². The van der Waals surface area contributed by atoms with Gasteiger partial charge in [-0.3, -0.25) is 9.59 Å². The van der Waals surface area contributed by atoms with Crippen molar-refractivity contribution in [3.8, 4) is 17.0 Å². The van der Waals surface area contributed by atoms with Crippen LogP contribution < -0.4 is 4.74 Å². The SMILES string of the molecule is C=COc1nc2ccccc2cc1-c1ccc(C(=O)N2CCN(C(=O)C3(O)CC3)CC2)c(F)c1. The quantitative estimate of drug-likeness (QED) is 0.589. The van der Waals surface area contributed by atoms with Crippen molar-refractivity contribution < 1.29 is 23.8 Å². The number of hydrogen-bond acceptors (Lipinski definition) is 5. The lowest BCUT2D eigenvalue weighted by Gasteiger charge is -2.35. The highest BCUT2D eigenvalue weighted by atomic mass is 19.1. The molecule has 2 fully saturated rings. The number of benzene rings is 2. The van der Waals surface area contributed by atoms with Crippen molar-refractivity contribution in [1.29, 1.82) is 0 Å². The van der Waals surface area contributed by atoms with Gasteiger partial charge in [0.1, 0.15) is 11.4 Å². The lowest BCUT2D eigenvalue weighted by atomic mass is 10.0. The molecular weight excluding hydrogens is 437 g/mol. The Kier molecular flexibility index (Phi) is 5.53. The van der Waals surface area contributed by atoms with E-state index in [9.17, 15) is 14.7 Å². The van der Waals surface area contributed by atoms with Crippen molar-refractivity contribution in [3.05, 3.63) is 72.8 Å². The minimum absolute atomic E-state index is 0.0377. The first-order chi connectivity index (χ1) is 16.4. The van der Waals surface area contributed by atoms with E-state index in [1.54, 1.807) is 11.0 Å². The van der Waals surface area contributed by atoms with Crippen molar-refractivity contribution >= 4 is 22.7 Å². The van der Waals surface area contributed by atoms with E-state index in [1.165, 1.54) is 23.3 Å². The molecule has 0 spiro atoms. The molecule has 34 heavy (non-hydrogen) atoms. The Labute approximate surface area is 196 Å². The van der Waals surface area contributed by atoms with Crippen LogP contribution in [0.2, 0.25) is 0 Å². The maximum atomic E-state index is 15.1. The van der Waals surface area contributed by atoms with E-state index in [0.29, 0.717) is 42.9 Å². The summed E-state index contributed by atoms with van der Waals surface area (Å²) in [6, 6.07) is 13.8. The summed E-state index contributed by atoms with van der Waals surface area (Å²) in [5, 5.41) is 10.9. The normalized spacial score (nSPS) is 16.9. The maximum absolute atomic E-state index is 15.1. The molecule has 0 unspecified atom stereocenters. The van der Waals surface area contributed by atoms with Crippen molar-refractivity contribution in [2.24, 2.45) is 0 Å². The fourth-order valence-corrected chi connectivity index (χ4v) is 4.24. The van der Waals surface area contributed by atoms with Crippen LogP contribution in [0.3, 0.4) is 0 Å². The highest BCUT2D eigenvalue weighted by Crippen LogP contribution is 2.37. The minimum atomic E-state index is -1.22. The van der Waals surface area contributed by atoms with Gasteiger partial charge in [-0.05, 0) is 42.7 Å². The molecule has 174 valence electrons. The Morgan fingerprint density at radius 1 is 1.06 bits per heavy atom. The predicted octanol–water partition coefficient (Wildman–Crippen LogP) is 3.37. The Balaban J connectivity index is 1.36. The van der Waals surface area contributed by atoms with Crippen LogP contribution in [0, 0.1) is 5.82 Å². The first-order valence-corrected chi connectivity index (χ1v) is 11.2. The maximum Gasteiger partial charge on any atom is 0.256 e. The van der Waals surface area contributed by atoms with Crippen LogP contribution in [0.25, 0.3) is 22.0 Å². The molecule has 2 aromatic carbocycles. The first kappa shape index (κ1) is 22.0. The average Bonchev–Trinajstić information content (AvgIpc) is 3.61. The van der Waals surface area contributed by atoms with Crippen LogP contribution >= 0.6 is 0 Å². The number of carbonyl (C=O) groups is 2. The van der Waals surface area contributed by atoms with E-state index in [4.69, 9.17) is 4.74 Å². The molecule has 1 N–H and O–H groups in total. The van der Waals surface area contributed by atoms with Crippen LogP contribution in [-0.4, -0.2) is 63.5 Å². The number of nitrogens with zero attached hydrogens (tertiary/aromatic N) is 3. The van der Waals surface area contributed by atoms with Gasteiger partial charge in [0.2, 0.25) is 5.88 Å². The lowest BCUT2D eigenvalue weighted by Crippen LogP contribution is -2.53. The molecule has 8 heteroatoms. The summed E-state index contributed by atoms with van der Waals surface area (Å²) in [4.78, 5) is 32.9. The molecule has 1 aromatic heterocycles. The largest absolute Gasteiger partial charge is 0.447 e. The summed E-state index contributed by atoms with van der Waals surface area (Å²) >= 11 is 0. The lowest BCUT2D eigenvalue weighted by molar-refractivity contribution is -0.143. The zero-order valence-corrected chi connectivity index (χ0v) is 18.5. The molecule has 2 aliphatic rings. The number of pyridine rings is 1. The monoisotopic (exact) mass is 461 g/mol. The second-order valence-electron chi connectivity index (χ2n) is 8.63. The number of amides is 2. The molecule has 7 nitrogen and oxygen atoms in total. The topological polar surface area (TPSA) is 83.0 Å². The second kappa shape index (κ2) is 8.53. The summed E-state index contributed by atoms with van der Waals surface area (Å²) < 4.78 is 20.6. The van der Waals surface area contributed by atoms with Gasteiger partial charge in [-0.25, -0.2) is 9.37 Å². The summed E-state index contributed by atoms with van der Waals surface area (Å²) in [6.45, 7) is 4.79. The van der Waals surface area contributed by atoms with Gasteiger partial charge in [-0.2, -0.15) is 0 Å². The molecule has 2 amide bonds. The van der Waals surface area contributed by atoms with Gasteiger partial charge < -0.3 is 19.6 Å². The Morgan fingerprint density at radius 2 is 1.76 bits per heavy atom. The molecule has 0 atom stereocenters. The number of fused-ring (bicyclic) bond motifs is 1. The van der Waals surface area contributed by atoms with Gasteiger partial charge in [0.05, 0.1) is 17.3 Å². The molecule has 1 aliphatic heterocycles. The van der Waals surface area contributed by atoms with Gasteiger partial charge in [0.15, 0.2) is 0 Å². The molecule has 3 aromatic rings. The average molecular weight is 461 g/mol. The summed E-state index contributed by atoms with van der Waals surface area (Å²) in [5.41, 5.74) is 0.588. The third-order valence-corrected chi connectivity index (χ3v) is 6.37. The molecular formula is C26H24FN3O4. The number of rotatable bonds is 5. The molecule has 0 radical (unpaired) electrons. The Hall–Kier alpha value is -3.78. The van der Waals surface area contributed by atoms with Gasteiger partial charge >= 0.3 is 0 Å². The van der Waals surface area contributed by atoms with E-state index in [2.05, 4.69) is 11.6 Å². The van der Waals surface area contributed by atoms with E-state index < -0.39 is 17.3 Å². The van der Waals surface area contributed by atoms with E-state index in [-0.39, 0.29) is 24.6 Å². The summed E-state index contributed by atoms with van der Waals surface area (Å²) in [7, 11) is 0. The number of para-hydroxylation sites is 1. The molecule has 1 saturated heterocycles. The Bertz CT molecular complexity index is 1300. The molecule has 5 rings (SSSR count). The van der Waals surface area contributed by atoms with Crippen LogP contribution in [0.15, 0.2) is 61.4 Å². The number of aliphatic hydroxyl groups is 1. The standard InChI is InChI=1S/C26H24FN3O4/c1-2-34-23-20(15-18-5-3-4-6-22(18)28-23)17-7-8-19(21(27)16-17)24(31)29-11-13-30(14-12-29)25(32)26(33)9-10-26/h2-8,15-16,33H,1,9-14H2. The first-order valence-electron chi connectivity index (χ1n) is 11.2. The van der Waals surface area contributed by atoms with Gasteiger partial charge in [0.25, 0.3) is 11.8 Å². The van der Waals surface area contributed by atoms with Crippen LogP contribution in [0.1, 0.15) is 23.2 Å². The molecule has 2 heterocycles. The smallest absolute Gasteiger partial charge is 0.256 e. The summed E-state index contributed by atoms with van der Waals surface area (Å²) in [6.07, 6.45) is 2.23. The molecule has 0 bridgehead atoms. The van der Waals surface area contributed by atoms with Crippen molar-refractivity contribution in [2.75, 3.05) is 26.2 Å². The van der Waals surface area contributed by atoms with E-state index in [0.717, 1.165) is 10.9 Å². The van der Waals surface area contributed by atoms with Crippen molar-refractivity contribution in [1.82, 2.24) is 14.8 Å². The van der Waals surface area contributed by atoms with Crippen LogP contribution in [0.5, 0.6) is 5.88 Å². The van der Waals surface area contributed by atoms with Gasteiger partial charge in [0, 0.05) is 37.1 Å². The number of ether oxygens (including phenoxy) is 1. The van der Waals surface area contributed by atoms with E-state index >= 15 is 4.39 Å². The molecule has 1 saturated carbocycles. The number of hydrogen-bond donors (Lipinski definition) is 1. The second-order valence-corrected chi connectivity index (χ2v) is 8.63. The number of aromatic nitrogens is 1. The third kappa shape index (κ3) is 4.01. The minimum Gasteiger partial charge on any atom is -0.447 e. The number of halogens is 1. The predicted molar refractivity (Wildman–Crippen MR) is 125 cm³/mol. The van der Waals surface area contributed by atoms with Gasteiger partial charge in [-0.15, -0.1) is 0 Å². The number of piperazine rings is 1. The highest BCUT2D eigenvalue weighted by Gasteiger charge is 2.50. The fraction of sp³-hybridized carbons (Fsp3) is 0.269.